The molecule has 0 saturated heterocycles. The molecule has 83 heavy (non-hydrogen) atoms. The highest BCUT2D eigenvalue weighted by Crippen LogP contribution is 2.48. The lowest BCUT2D eigenvalue weighted by molar-refractivity contribution is 0.483. The topological polar surface area (TPSA) is 39.6 Å². The first-order chi connectivity index (χ1) is 39.6. The van der Waals surface area contributed by atoms with E-state index in [1.807, 2.05) is 24.4 Å². The van der Waals surface area contributed by atoms with E-state index in [1.54, 1.807) is 0 Å². The molecule has 1 aliphatic heterocycles. The van der Waals surface area contributed by atoms with Gasteiger partial charge in [-0.2, -0.15) is 0 Å². The van der Waals surface area contributed by atoms with Gasteiger partial charge in [-0.1, -0.05) is 210 Å². The summed E-state index contributed by atoms with van der Waals surface area (Å²) in [6, 6.07) is 71.0. The molecule has 0 unspecified atom stereocenters. The molecule has 1 aliphatic rings. The molecule has 0 saturated carbocycles. The number of benzene rings is 9. The van der Waals surface area contributed by atoms with Gasteiger partial charge in [-0.15, -0.1) is 0 Å². The first-order valence-electron chi connectivity index (χ1n) is 29.1. The molecular weight excluding hydrogens is 1010 g/mol. The first-order valence-corrected chi connectivity index (χ1v) is 29.1. The molecule has 0 bridgehead atoms. The van der Waals surface area contributed by atoms with Gasteiger partial charge in [-0.05, 0) is 137 Å². The highest BCUT2D eigenvalue weighted by molar-refractivity contribution is 6.22. The summed E-state index contributed by atoms with van der Waals surface area (Å²) in [6.45, 7) is 36.6. The number of aromatic nitrogens is 3. The first kappa shape index (κ1) is 53.1. The maximum absolute atomic E-state index is 8.51. The highest BCUT2D eigenvalue weighted by Gasteiger charge is 2.28. The number of nitrogens with zero attached hydrogens (tertiary/aromatic N) is 5. The van der Waals surface area contributed by atoms with E-state index in [4.69, 9.17) is 16.3 Å². The van der Waals surface area contributed by atoms with Crippen molar-refractivity contribution in [1.29, 1.82) is 0 Å². The van der Waals surface area contributed by atoms with Crippen LogP contribution in [0.15, 0.2) is 200 Å². The number of fused-ring (bicyclic) bond motifs is 10. The molecule has 0 spiro atoms. The summed E-state index contributed by atoms with van der Waals surface area (Å²) in [5, 5.41) is 9.24. The molecular formula is C77H71N5O. The zero-order chi connectivity index (χ0) is 57.9. The molecule has 0 fully saturated rings. The van der Waals surface area contributed by atoms with Crippen molar-refractivity contribution in [2.75, 3.05) is 4.90 Å². The standard InChI is InChI=1S/C77H71N5O/c1-74(2,3)51-34-35-79-71(42-51)82-68-30-19-18-26-64(68)65-33-32-57(46-70(65)82)83-58-44-55(78-13)43-56(45-58)80-47-81-72-59(50-36-48(37-52(40-50)75(4,5)6)49-38-53(76(7,8)9)41-54(39-49)77(10,11)12)27-20-28-66(72)62-24-16-14-22-60(62)61-23-15-17-25-63(61)67-29-21-31-69(80)73(67)81/h14-46H,47H2,1-12H3. The van der Waals surface area contributed by atoms with Crippen LogP contribution in [0.2, 0.25) is 0 Å². The molecule has 0 aliphatic carbocycles. The Kier molecular flexibility index (Phi) is 12.5. The summed E-state index contributed by atoms with van der Waals surface area (Å²) in [4.78, 5) is 11.4. The van der Waals surface area contributed by atoms with Crippen LogP contribution < -0.4 is 9.64 Å². The van der Waals surface area contributed by atoms with E-state index in [1.165, 1.54) is 49.5 Å². The number of ether oxygens (including phenoxy) is 1. The van der Waals surface area contributed by atoms with Crippen molar-refractivity contribution >= 4 is 82.2 Å². The Labute approximate surface area is 488 Å². The molecule has 6 heteroatoms. The van der Waals surface area contributed by atoms with Crippen molar-refractivity contribution in [3.05, 3.63) is 234 Å². The number of hydrogen-bond acceptors (Lipinski definition) is 3. The Morgan fingerprint density at radius 3 is 1.58 bits per heavy atom. The van der Waals surface area contributed by atoms with Crippen molar-refractivity contribution in [2.24, 2.45) is 0 Å². The number of hydrogen-bond donors (Lipinski definition) is 0. The van der Waals surface area contributed by atoms with Crippen LogP contribution in [0.4, 0.5) is 17.1 Å². The van der Waals surface area contributed by atoms with Crippen LogP contribution in [0.1, 0.15) is 105 Å². The van der Waals surface area contributed by atoms with Crippen molar-refractivity contribution in [2.45, 2.75) is 111 Å². The molecule has 4 heterocycles. The summed E-state index contributed by atoms with van der Waals surface area (Å²) in [5.41, 5.74) is 16.3. The zero-order valence-electron chi connectivity index (χ0n) is 49.9. The van der Waals surface area contributed by atoms with Crippen LogP contribution in [0, 0.1) is 6.57 Å². The molecule has 0 atom stereocenters. The van der Waals surface area contributed by atoms with Gasteiger partial charge in [-0.25, -0.2) is 9.83 Å². The second-order valence-electron chi connectivity index (χ2n) is 26.9. The fourth-order valence-electron chi connectivity index (χ4n) is 12.4. The SMILES string of the molecule is [C-]#[N+]c1cc(Oc2ccc3c4ccccc4n(-c4cc(C(C)(C)C)ccn4)c3c2)cc(N2Cn3c4c(-c5cc(-c6cc(C(C)(C)C)cc(C(C)(C)C)c6)cc(C(C)(C)C)c5)cccc4c4ccccc4c4ccccc4c4cccc2c43)c1. The van der Waals surface area contributed by atoms with Gasteiger partial charge in [0.15, 0.2) is 5.69 Å². The second kappa shape index (κ2) is 19.5. The van der Waals surface area contributed by atoms with Gasteiger partial charge in [0.1, 0.15) is 24.0 Å². The van der Waals surface area contributed by atoms with Gasteiger partial charge < -0.3 is 14.2 Å². The van der Waals surface area contributed by atoms with Gasteiger partial charge in [0.2, 0.25) is 0 Å². The summed E-state index contributed by atoms with van der Waals surface area (Å²) >= 11 is 0. The monoisotopic (exact) mass is 1080 g/mol. The quantitative estimate of drug-likeness (QED) is 0.156. The highest BCUT2D eigenvalue weighted by atomic mass is 16.5. The molecule has 3 aromatic heterocycles. The summed E-state index contributed by atoms with van der Waals surface area (Å²) in [5.74, 6) is 2.10. The molecule has 0 amide bonds. The van der Waals surface area contributed by atoms with Crippen molar-refractivity contribution < 1.29 is 4.74 Å². The average molecular weight is 1080 g/mol. The summed E-state index contributed by atoms with van der Waals surface area (Å²) < 4.78 is 11.8. The van der Waals surface area contributed by atoms with Crippen LogP contribution in [0.25, 0.3) is 98.1 Å². The zero-order valence-corrected chi connectivity index (χ0v) is 49.9. The number of rotatable bonds is 6. The fourth-order valence-corrected chi connectivity index (χ4v) is 12.4. The molecule has 9 aromatic carbocycles. The van der Waals surface area contributed by atoms with Crippen LogP contribution in [-0.2, 0) is 28.3 Å². The van der Waals surface area contributed by atoms with E-state index >= 15 is 0 Å². The van der Waals surface area contributed by atoms with E-state index in [0.29, 0.717) is 23.9 Å². The van der Waals surface area contributed by atoms with Crippen LogP contribution >= 0.6 is 0 Å². The molecule has 12 aromatic rings. The Morgan fingerprint density at radius 2 is 0.952 bits per heavy atom. The van der Waals surface area contributed by atoms with Crippen molar-refractivity contribution in [1.82, 2.24) is 14.1 Å². The molecule has 6 nitrogen and oxygen atoms in total. The Hall–Kier alpha value is -9.18. The largest absolute Gasteiger partial charge is 0.459 e. The van der Waals surface area contributed by atoms with Gasteiger partial charge in [0, 0.05) is 51.1 Å². The maximum Gasteiger partial charge on any atom is 0.192 e. The smallest absolute Gasteiger partial charge is 0.192 e. The van der Waals surface area contributed by atoms with E-state index in [0.717, 1.165) is 77.3 Å². The summed E-state index contributed by atoms with van der Waals surface area (Å²) in [7, 11) is 0. The lowest BCUT2D eigenvalue weighted by Gasteiger charge is -2.27. The molecule has 0 N–H and O–H groups in total. The minimum Gasteiger partial charge on any atom is -0.459 e. The number of anilines is 2. The minimum absolute atomic E-state index is 0.0404. The Morgan fingerprint density at radius 1 is 0.422 bits per heavy atom. The van der Waals surface area contributed by atoms with E-state index in [2.05, 4.69) is 278 Å². The molecule has 13 rings (SSSR count). The minimum atomic E-state index is -0.147. The van der Waals surface area contributed by atoms with Gasteiger partial charge in [0.25, 0.3) is 0 Å². The molecule has 410 valence electrons. The van der Waals surface area contributed by atoms with E-state index in [-0.39, 0.29) is 21.7 Å². The number of pyridine rings is 1. The Balaban J connectivity index is 1.03. The number of para-hydroxylation sites is 3. The third-order valence-corrected chi connectivity index (χ3v) is 17.0. The van der Waals surface area contributed by atoms with Gasteiger partial charge >= 0.3 is 0 Å². The Bertz CT molecular complexity index is 4710. The predicted octanol–water partition coefficient (Wildman–Crippen LogP) is 21.7. The fraction of sp³-hybridized carbons (Fsp3) is 0.221. The van der Waals surface area contributed by atoms with E-state index < -0.39 is 0 Å². The van der Waals surface area contributed by atoms with E-state index in [9.17, 15) is 0 Å². The van der Waals surface area contributed by atoms with Crippen molar-refractivity contribution in [3.63, 3.8) is 0 Å². The average Bonchev–Trinajstić information content (AvgIpc) is 4.19. The van der Waals surface area contributed by atoms with Crippen LogP contribution in [0.5, 0.6) is 11.5 Å². The molecule has 0 radical (unpaired) electrons. The van der Waals surface area contributed by atoms with Crippen LogP contribution in [0.3, 0.4) is 0 Å². The van der Waals surface area contributed by atoms with Gasteiger partial charge in [0.05, 0.1) is 34.3 Å². The maximum atomic E-state index is 8.51. The van der Waals surface area contributed by atoms with Gasteiger partial charge in [-0.3, -0.25) is 4.57 Å². The normalized spacial score (nSPS) is 13.0. The second-order valence-corrected chi connectivity index (χ2v) is 26.9. The third-order valence-electron chi connectivity index (χ3n) is 17.0. The van der Waals surface area contributed by atoms with Crippen molar-refractivity contribution in [3.8, 4) is 39.6 Å². The van der Waals surface area contributed by atoms with Crippen LogP contribution in [-0.4, -0.2) is 14.1 Å². The predicted molar refractivity (Wildman–Crippen MR) is 351 cm³/mol. The lowest BCUT2D eigenvalue weighted by Crippen LogP contribution is -2.16. The third kappa shape index (κ3) is 9.43. The summed E-state index contributed by atoms with van der Waals surface area (Å²) in [6.07, 6.45) is 1.91. The lowest BCUT2D eigenvalue weighted by atomic mass is 9.78.